The number of aromatic nitrogens is 3. The van der Waals surface area contributed by atoms with Gasteiger partial charge in [-0.05, 0) is 32.1 Å². The van der Waals surface area contributed by atoms with Gasteiger partial charge in [0.2, 0.25) is 0 Å². The summed E-state index contributed by atoms with van der Waals surface area (Å²) in [5, 5.41) is 8.40. The van der Waals surface area contributed by atoms with Crippen molar-refractivity contribution in [3.63, 3.8) is 0 Å². The SMILES string of the molecule is [B]OC/C=C1\Cc2c(nc3ccnn3c2NC2CCCC2)C12CCCC2. The van der Waals surface area contributed by atoms with Crippen LogP contribution in [0.15, 0.2) is 23.9 Å². The topological polar surface area (TPSA) is 51.5 Å². The Hall–Kier alpha value is -1.82. The maximum absolute atomic E-state index is 5.32. The van der Waals surface area contributed by atoms with Gasteiger partial charge in [0.15, 0.2) is 5.65 Å². The van der Waals surface area contributed by atoms with Gasteiger partial charge >= 0.3 is 0 Å². The maximum atomic E-state index is 5.32. The summed E-state index contributed by atoms with van der Waals surface area (Å²) in [5.74, 6) is 1.16. The molecule has 2 aromatic heterocycles. The van der Waals surface area contributed by atoms with E-state index < -0.39 is 0 Å². The van der Waals surface area contributed by atoms with Gasteiger partial charge in [0.05, 0.1) is 11.9 Å². The van der Waals surface area contributed by atoms with E-state index in [1.54, 1.807) is 0 Å². The normalized spacial score (nSPS) is 23.5. The standard InChI is InChI=1S/C20H25BN4O/c21-26-12-8-14-13-16-18(20(14)9-3-4-10-20)24-17-7-11-22-25(17)19(16)23-15-5-1-2-6-15/h7-8,11,15,23H,1-6,9-10,12-13H2/b14-8+. The molecule has 26 heavy (non-hydrogen) atoms. The molecule has 2 saturated carbocycles. The largest absolute Gasteiger partial charge is 0.444 e. The summed E-state index contributed by atoms with van der Waals surface area (Å²) in [6, 6.07) is 2.57. The number of allylic oxidation sites excluding steroid dienone is 1. The zero-order valence-corrected chi connectivity index (χ0v) is 15.2. The highest BCUT2D eigenvalue weighted by Crippen LogP contribution is 2.54. The zero-order chi connectivity index (χ0) is 17.6. The van der Waals surface area contributed by atoms with Gasteiger partial charge in [0.25, 0.3) is 8.05 Å². The molecule has 0 aliphatic heterocycles. The van der Waals surface area contributed by atoms with Gasteiger partial charge < -0.3 is 9.97 Å². The third-order valence-electron chi connectivity index (χ3n) is 6.65. The minimum atomic E-state index is 0.0754. The summed E-state index contributed by atoms with van der Waals surface area (Å²) >= 11 is 0. The molecule has 2 heterocycles. The van der Waals surface area contributed by atoms with Crippen LogP contribution in [0.3, 0.4) is 0 Å². The third kappa shape index (κ3) is 2.42. The van der Waals surface area contributed by atoms with Gasteiger partial charge in [-0.1, -0.05) is 37.3 Å². The highest BCUT2D eigenvalue weighted by Gasteiger charge is 2.47. The Morgan fingerprint density at radius 3 is 2.85 bits per heavy atom. The first-order valence-corrected chi connectivity index (χ1v) is 9.97. The average Bonchev–Trinajstić information content (AvgIpc) is 3.42. The van der Waals surface area contributed by atoms with Crippen molar-refractivity contribution in [3.05, 3.63) is 35.2 Å². The first-order chi connectivity index (χ1) is 12.8. The molecule has 5 nitrogen and oxygen atoms in total. The smallest absolute Gasteiger partial charge is 0.283 e. The van der Waals surface area contributed by atoms with Crippen molar-refractivity contribution >= 4 is 19.5 Å². The molecule has 1 spiro atoms. The summed E-state index contributed by atoms with van der Waals surface area (Å²) in [5.41, 5.74) is 5.06. The quantitative estimate of drug-likeness (QED) is 0.679. The van der Waals surface area contributed by atoms with Crippen molar-refractivity contribution in [2.24, 2.45) is 0 Å². The molecule has 6 heteroatoms. The summed E-state index contributed by atoms with van der Waals surface area (Å²) < 4.78 is 6.88. The molecule has 3 aliphatic rings. The van der Waals surface area contributed by atoms with Crippen LogP contribution in [0.25, 0.3) is 5.65 Å². The molecule has 0 unspecified atom stereocenters. The van der Waals surface area contributed by atoms with Crippen molar-refractivity contribution < 1.29 is 4.65 Å². The van der Waals surface area contributed by atoms with E-state index >= 15 is 0 Å². The van der Waals surface area contributed by atoms with E-state index in [1.165, 1.54) is 68.2 Å². The van der Waals surface area contributed by atoms with Gasteiger partial charge in [-0.15, -0.1) is 0 Å². The molecule has 3 aliphatic carbocycles. The fraction of sp³-hybridized carbons (Fsp3) is 0.600. The number of nitrogens with one attached hydrogen (secondary N) is 1. The lowest BCUT2D eigenvalue weighted by Crippen LogP contribution is -2.24. The lowest BCUT2D eigenvalue weighted by molar-refractivity contribution is 0.396. The van der Waals surface area contributed by atoms with Crippen molar-refractivity contribution in [1.29, 1.82) is 0 Å². The summed E-state index contributed by atoms with van der Waals surface area (Å²) in [7, 11) is 5.32. The van der Waals surface area contributed by atoms with Crippen LogP contribution in [0.1, 0.15) is 62.6 Å². The minimum absolute atomic E-state index is 0.0754. The van der Waals surface area contributed by atoms with Crippen LogP contribution in [0.2, 0.25) is 0 Å². The van der Waals surface area contributed by atoms with E-state index in [2.05, 4.69) is 16.5 Å². The van der Waals surface area contributed by atoms with Crippen LogP contribution in [-0.4, -0.2) is 35.3 Å². The maximum Gasteiger partial charge on any atom is 0.283 e. The second-order valence-electron chi connectivity index (χ2n) is 8.04. The van der Waals surface area contributed by atoms with Crippen LogP contribution < -0.4 is 5.32 Å². The molecule has 0 amide bonds. The van der Waals surface area contributed by atoms with Gasteiger partial charge in [0.1, 0.15) is 5.82 Å². The number of anilines is 1. The van der Waals surface area contributed by atoms with E-state index in [0.29, 0.717) is 12.6 Å². The molecule has 0 atom stereocenters. The summed E-state index contributed by atoms with van der Waals surface area (Å²) in [6.45, 7) is 0.466. The number of hydrogen-bond donors (Lipinski definition) is 1. The zero-order valence-electron chi connectivity index (χ0n) is 15.2. The highest BCUT2D eigenvalue weighted by atomic mass is 16.4. The molecule has 2 aromatic rings. The number of hydrogen-bond acceptors (Lipinski definition) is 4. The lowest BCUT2D eigenvalue weighted by atomic mass is 9.79. The molecule has 134 valence electrons. The van der Waals surface area contributed by atoms with Gasteiger partial charge in [0, 0.05) is 29.7 Å². The molecule has 2 radical (unpaired) electrons. The Kier molecular flexibility index (Phi) is 4.04. The number of nitrogens with zero attached hydrogens (tertiary/aromatic N) is 3. The van der Waals surface area contributed by atoms with Crippen molar-refractivity contribution in [3.8, 4) is 0 Å². The van der Waals surface area contributed by atoms with Crippen molar-refractivity contribution in [2.45, 2.75) is 69.2 Å². The molecule has 5 rings (SSSR count). The molecular formula is C20H25BN4O. The monoisotopic (exact) mass is 348 g/mol. The second kappa shape index (κ2) is 6.41. The Morgan fingerprint density at radius 1 is 1.27 bits per heavy atom. The average molecular weight is 348 g/mol. The van der Waals surface area contributed by atoms with Crippen LogP contribution in [-0.2, 0) is 16.5 Å². The molecule has 2 fully saturated rings. The van der Waals surface area contributed by atoms with Crippen LogP contribution >= 0.6 is 0 Å². The fourth-order valence-corrected chi connectivity index (χ4v) is 5.41. The third-order valence-corrected chi connectivity index (χ3v) is 6.65. The minimum Gasteiger partial charge on any atom is -0.444 e. The molecule has 0 aromatic carbocycles. The van der Waals surface area contributed by atoms with Gasteiger partial charge in [-0.3, -0.25) is 0 Å². The van der Waals surface area contributed by atoms with Crippen LogP contribution in [0, 0.1) is 0 Å². The van der Waals surface area contributed by atoms with E-state index in [9.17, 15) is 0 Å². The molecule has 0 saturated heterocycles. The number of rotatable bonds is 4. The molecular weight excluding hydrogens is 323 g/mol. The predicted molar refractivity (Wildman–Crippen MR) is 103 cm³/mol. The molecule has 0 bridgehead atoms. The van der Waals surface area contributed by atoms with Crippen LogP contribution in [0.4, 0.5) is 5.82 Å². The number of fused-ring (bicyclic) bond motifs is 3. The van der Waals surface area contributed by atoms with Crippen molar-refractivity contribution in [2.75, 3.05) is 11.9 Å². The highest BCUT2D eigenvalue weighted by molar-refractivity contribution is 5.98. The molecule has 1 N–H and O–H groups in total. The van der Waals surface area contributed by atoms with E-state index in [-0.39, 0.29) is 5.41 Å². The van der Waals surface area contributed by atoms with Gasteiger partial charge in [-0.25, -0.2) is 4.98 Å². The Labute approximate surface area is 155 Å². The Morgan fingerprint density at radius 2 is 2.08 bits per heavy atom. The predicted octanol–water partition coefficient (Wildman–Crippen LogP) is 3.48. The second-order valence-corrected chi connectivity index (χ2v) is 8.04. The first-order valence-electron chi connectivity index (χ1n) is 9.97. The Balaban J connectivity index is 1.66. The first kappa shape index (κ1) is 16.4. The van der Waals surface area contributed by atoms with E-state index in [1.807, 2.05) is 16.8 Å². The summed E-state index contributed by atoms with van der Waals surface area (Å²) in [4.78, 5) is 5.09. The lowest BCUT2D eigenvalue weighted by Gasteiger charge is -2.26. The van der Waals surface area contributed by atoms with E-state index in [0.717, 1.165) is 17.9 Å². The van der Waals surface area contributed by atoms with Gasteiger partial charge in [-0.2, -0.15) is 9.61 Å². The Bertz CT molecular complexity index is 847. The van der Waals surface area contributed by atoms with E-state index in [4.69, 9.17) is 17.7 Å². The summed E-state index contributed by atoms with van der Waals surface area (Å²) in [6.07, 6.45) is 15.0. The van der Waals surface area contributed by atoms with Crippen LogP contribution in [0.5, 0.6) is 0 Å². The van der Waals surface area contributed by atoms with Crippen molar-refractivity contribution in [1.82, 2.24) is 14.6 Å². The fourth-order valence-electron chi connectivity index (χ4n) is 5.41.